The second kappa shape index (κ2) is 9.17. The summed E-state index contributed by atoms with van der Waals surface area (Å²) in [6.07, 6.45) is 0. The lowest BCUT2D eigenvalue weighted by molar-refractivity contribution is 0.0940. The van der Waals surface area contributed by atoms with Crippen molar-refractivity contribution in [3.05, 3.63) is 95.6 Å². The number of carbonyl (C=O) groups is 1. The van der Waals surface area contributed by atoms with Gasteiger partial charge in [-0.3, -0.25) is 9.10 Å². The third-order valence-electron chi connectivity index (χ3n) is 5.52. The topological polar surface area (TPSA) is 66.5 Å². The van der Waals surface area contributed by atoms with Crippen LogP contribution >= 0.6 is 0 Å². The second-order valence-corrected chi connectivity index (χ2v) is 10.9. The van der Waals surface area contributed by atoms with Crippen LogP contribution in [0.15, 0.2) is 83.8 Å². The Labute approximate surface area is 191 Å². The molecule has 1 amide bonds. The van der Waals surface area contributed by atoms with Gasteiger partial charge in [0.05, 0.1) is 16.6 Å². The summed E-state index contributed by atoms with van der Waals surface area (Å²) < 4.78 is 26.8. The molecule has 0 aliphatic heterocycles. The molecule has 0 heterocycles. The molecule has 3 aromatic rings. The van der Waals surface area contributed by atoms with Gasteiger partial charge in [0.25, 0.3) is 15.9 Å². The zero-order valence-electron chi connectivity index (χ0n) is 19.2. The zero-order valence-corrected chi connectivity index (χ0v) is 20.0. The van der Waals surface area contributed by atoms with Crippen molar-refractivity contribution in [3.63, 3.8) is 0 Å². The highest BCUT2D eigenvalue weighted by atomic mass is 32.2. The molecule has 168 valence electrons. The molecular weight excluding hydrogens is 420 g/mol. The first-order valence-corrected chi connectivity index (χ1v) is 12.0. The molecule has 32 heavy (non-hydrogen) atoms. The Hall–Kier alpha value is -3.12. The molecule has 6 heteroatoms. The first-order chi connectivity index (χ1) is 15.0. The highest BCUT2D eigenvalue weighted by molar-refractivity contribution is 7.92. The zero-order chi connectivity index (χ0) is 23.5. The van der Waals surface area contributed by atoms with Gasteiger partial charge in [-0.1, -0.05) is 63.2 Å². The molecule has 1 atom stereocenters. The maximum absolute atomic E-state index is 12.8. The van der Waals surface area contributed by atoms with Gasteiger partial charge in [-0.25, -0.2) is 8.42 Å². The van der Waals surface area contributed by atoms with Crippen molar-refractivity contribution in [2.45, 2.75) is 44.0 Å². The Bertz CT molecular complexity index is 1160. The van der Waals surface area contributed by atoms with E-state index in [0.717, 1.165) is 5.56 Å². The van der Waals surface area contributed by atoms with E-state index in [2.05, 4.69) is 38.2 Å². The van der Waals surface area contributed by atoms with Crippen LogP contribution in [0.5, 0.6) is 0 Å². The number of sulfonamides is 1. The average Bonchev–Trinajstić information content (AvgIpc) is 2.78. The maximum atomic E-state index is 12.8. The van der Waals surface area contributed by atoms with Crippen LogP contribution in [0, 0.1) is 0 Å². The molecule has 0 saturated heterocycles. The van der Waals surface area contributed by atoms with E-state index in [1.54, 1.807) is 54.6 Å². The Morgan fingerprint density at radius 1 is 0.875 bits per heavy atom. The van der Waals surface area contributed by atoms with Gasteiger partial charge in [-0.2, -0.15) is 0 Å². The first-order valence-electron chi connectivity index (χ1n) is 10.6. The summed E-state index contributed by atoms with van der Waals surface area (Å²) >= 11 is 0. The predicted octanol–water partition coefficient (Wildman–Crippen LogP) is 5.30. The van der Waals surface area contributed by atoms with Gasteiger partial charge in [0, 0.05) is 12.6 Å². The van der Waals surface area contributed by atoms with Gasteiger partial charge in [0.2, 0.25) is 0 Å². The van der Waals surface area contributed by atoms with Crippen LogP contribution in [0.2, 0.25) is 0 Å². The van der Waals surface area contributed by atoms with Crippen molar-refractivity contribution in [1.82, 2.24) is 5.32 Å². The highest BCUT2D eigenvalue weighted by Gasteiger charge is 2.21. The fourth-order valence-electron chi connectivity index (χ4n) is 3.35. The summed E-state index contributed by atoms with van der Waals surface area (Å²) in [5.74, 6) is -0.211. The smallest absolute Gasteiger partial charge is 0.264 e. The second-order valence-electron chi connectivity index (χ2n) is 8.90. The van der Waals surface area contributed by atoms with Crippen molar-refractivity contribution >= 4 is 21.6 Å². The summed E-state index contributed by atoms with van der Waals surface area (Å²) in [6.45, 7) is 8.44. The summed E-state index contributed by atoms with van der Waals surface area (Å²) in [5, 5.41) is 3.00. The molecule has 0 aromatic heterocycles. The summed E-state index contributed by atoms with van der Waals surface area (Å²) in [4.78, 5) is 12.9. The lowest BCUT2D eigenvalue weighted by atomic mass is 9.86. The molecule has 1 unspecified atom stereocenters. The number of anilines is 1. The van der Waals surface area contributed by atoms with E-state index in [1.807, 2.05) is 19.1 Å². The summed E-state index contributed by atoms with van der Waals surface area (Å²) in [7, 11) is -2.16. The number of benzene rings is 3. The quantitative estimate of drug-likeness (QED) is 0.554. The Morgan fingerprint density at radius 3 is 1.97 bits per heavy atom. The maximum Gasteiger partial charge on any atom is 0.264 e. The number of nitrogens with zero attached hydrogens (tertiary/aromatic N) is 1. The Kier molecular flexibility index (Phi) is 6.74. The summed E-state index contributed by atoms with van der Waals surface area (Å²) in [6, 6.07) is 22.9. The van der Waals surface area contributed by atoms with E-state index >= 15 is 0 Å². The first kappa shape index (κ1) is 23.5. The van der Waals surface area contributed by atoms with E-state index < -0.39 is 10.0 Å². The van der Waals surface area contributed by atoms with E-state index in [0.29, 0.717) is 11.3 Å². The molecule has 0 radical (unpaired) electrons. The normalized spacial score (nSPS) is 12.8. The van der Waals surface area contributed by atoms with Crippen LogP contribution in [0.3, 0.4) is 0 Å². The third-order valence-corrected chi connectivity index (χ3v) is 7.32. The molecule has 0 saturated carbocycles. The van der Waals surface area contributed by atoms with Gasteiger partial charge in [0.15, 0.2) is 0 Å². The van der Waals surface area contributed by atoms with Crippen LogP contribution in [-0.4, -0.2) is 21.4 Å². The number of carbonyl (C=O) groups excluding carboxylic acids is 1. The molecule has 0 spiro atoms. The molecule has 1 N–H and O–H groups in total. The third kappa shape index (κ3) is 5.19. The highest BCUT2D eigenvalue weighted by Crippen LogP contribution is 2.25. The lowest BCUT2D eigenvalue weighted by Gasteiger charge is -2.21. The number of rotatable bonds is 6. The van der Waals surface area contributed by atoms with Crippen molar-refractivity contribution in [2.75, 3.05) is 11.4 Å². The monoisotopic (exact) mass is 450 g/mol. The molecule has 0 aliphatic carbocycles. The van der Waals surface area contributed by atoms with Crippen LogP contribution < -0.4 is 9.62 Å². The molecular formula is C26H30N2O3S. The molecule has 0 fully saturated rings. The standard InChI is InChI=1S/C26H30N2O3S/c1-19(20-11-15-22(16-12-20)26(2,3)4)27-25(29)21-13-17-23(18-14-21)28(5)32(30,31)24-9-7-6-8-10-24/h6-19H,1-5H3,(H,27,29). The number of hydrogen-bond donors (Lipinski definition) is 1. The van der Waals surface area contributed by atoms with Crippen molar-refractivity contribution in [2.24, 2.45) is 0 Å². The van der Waals surface area contributed by atoms with Crippen molar-refractivity contribution < 1.29 is 13.2 Å². The minimum atomic E-state index is -3.66. The van der Waals surface area contributed by atoms with Crippen LogP contribution in [0.1, 0.15) is 55.2 Å². The van der Waals surface area contributed by atoms with E-state index in [9.17, 15) is 13.2 Å². The van der Waals surface area contributed by atoms with Crippen LogP contribution in [0.4, 0.5) is 5.69 Å². The van der Waals surface area contributed by atoms with Crippen LogP contribution in [0.25, 0.3) is 0 Å². The van der Waals surface area contributed by atoms with Crippen molar-refractivity contribution in [1.29, 1.82) is 0 Å². The predicted molar refractivity (Wildman–Crippen MR) is 129 cm³/mol. The number of amides is 1. The molecule has 0 aliphatic rings. The van der Waals surface area contributed by atoms with Gasteiger partial charge >= 0.3 is 0 Å². The summed E-state index contributed by atoms with van der Waals surface area (Å²) in [5.41, 5.74) is 3.30. The van der Waals surface area contributed by atoms with E-state index in [4.69, 9.17) is 0 Å². The molecule has 5 nitrogen and oxygen atoms in total. The van der Waals surface area contributed by atoms with Crippen molar-refractivity contribution in [3.8, 4) is 0 Å². The minimum absolute atomic E-state index is 0.0773. The van der Waals surface area contributed by atoms with Gasteiger partial charge in [-0.15, -0.1) is 0 Å². The molecule has 3 rings (SSSR count). The van der Waals surface area contributed by atoms with Crippen LogP contribution in [-0.2, 0) is 15.4 Å². The van der Waals surface area contributed by atoms with E-state index in [-0.39, 0.29) is 22.3 Å². The Morgan fingerprint density at radius 2 is 1.44 bits per heavy atom. The lowest BCUT2D eigenvalue weighted by Crippen LogP contribution is -2.28. The SMILES string of the molecule is CC(NC(=O)c1ccc(N(C)S(=O)(=O)c2ccccc2)cc1)c1ccc(C(C)(C)C)cc1. The number of hydrogen-bond acceptors (Lipinski definition) is 3. The Balaban J connectivity index is 1.70. The van der Waals surface area contributed by atoms with Gasteiger partial charge < -0.3 is 5.32 Å². The number of nitrogens with one attached hydrogen (secondary N) is 1. The fraction of sp³-hybridized carbons (Fsp3) is 0.269. The fourth-order valence-corrected chi connectivity index (χ4v) is 4.56. The van der Waals surface area contributed by atoms with Gasteiger partial charge in [-0.05, 0) is 59.9 Å². The molecule has 0 bridgehead atoms. The average molecular weight is 451 g/mol. The molecule has 3 aromatic carbocycles. The largest absolute Gasteiger partial charge is 0.346 e. The van der Waals surface area contributed by atoms with E-state index in [1.165, 1.54) is 16.9 Å². The minimum Gasteiger partial charge on any atom is -0.346 e. The van der Waals surface area contributed by atoms with Gasteiger partial charge in [0.1, 0.15) is 0 Å².